The Bertz CT molecular complexity index is 605. The third kappa shape index (κ3) is 2.23. The zero-order valence-corrected chi connectivity index (χ0v) is 11.6. The smallest absolute Gasteiger partial charge is 0.267 e. The molecule has 0 spiro atoms. The van der Waals surface area contributed by atoms with Gasteiger partial charge in [0.15, 0.2) is 5.82 Å². The Morgan fingerprint density at radius 1 is 1.47 bits per heavy atom. The molecule has 1 amide bonds. The van der Waals surface area contributed by atoms with E-state index in [9.17, 15) is 4.79 Å². The minimum atomic E-state index is -0.127. The van der Waals surface area contributed by atoms with E-state index in [0.717, 1.165) is 23.4 Å². The standard InChI is InChI=1S/C13H16N4OS/c1-7-11(14)12(17-16-7)15-13(18)10-6-8-4-2-3-5-9(8)19-10/h6H,2-5,14H2,1H3,(H2,15,16,17,18). The molecule has 2 heterocycles. The Morgan fingerprint density at radius 2 is 2.26 bits per heavy atom. The lowest BCUT2D eigenvalue weighted by Crippen LogP contribution is -2.11. The number of aromatic nitrogens is 2. The molecular weight excluding hydrogens is 260 g/mol. The first-order chi connectivity index (χ1) is 9.15. The van der Waals surface area contributed by atoms with E-state index < -0.39 is 0 Å². The van der Waals surface area contributed by atoms with E-state index in [1.54, 1.807) is 11.3 Å². The van der Waals surface area contributed by atoms with Crippen molar-refractivity contribution in [1.29, 1.82) is 0 Å². The highest BCUT2D eigenvalue weighted by atomic mass is 32.1. The molecule has 19 heavy (non-hydrogen) atoms. The minimum absolute atomic E-state index is 0.127. The van der Waals surface area contributed by atoms with Gasteiger partial charge < -0.3 is 11.1 Å². The normalized spacial score (nSPS) is 14.2. The second kappa shape index (κ2) is 4.70. The van der Waals surface area contributed by atoms with Gasteiger partial charge >= 0.3 is 0 Å². The fraction of sp³-hybridized carbons (Fsp3) is 0.385. The summed E-state index contributed by atoms with van der Waals surface area (Å²) in [5.74, 6) is 0.284. The van der Waals surface area contributed by atoms with Crippen LogP contribution in [0.1, 0.15) is 38.6 Å². The summed E-state index contributed by atoms with van der Waals surface area (Å²) in [4.78, 5) is 14.3. The second-order valence-corrected chi connectivity index (χ2v) is 5.97. The number of hydrogen-bond donors (Lipinski definition) is 3. The van der Waals surface area contributed by atoms with Gasteiger partial charge in [-0.3, -0.25) is 9.89 Å². The molecule has 2 aromatic heterocycles. The van der Waals surface area contributed by atoms with Crippen molar-refractivity contribution in [1.82, 2.24) is 10.2 Å². The van der Waals surface area contributed by atoms with E-state index in [2.05, 4.69) is 15.5 Å². The maximum absolute atomic E-state index is 12.2. The van der Waals surface area contributed by atoms with Gasteiger partial charge in [-0.2, -0.15) is 5.10 Å². The molecule has 0 saturated heterocycles. The lowest BCUT2D eigenvalue weighted by Gasteiger charge is -2.08. The zero-order chi connectivity index (χ0) is 13.4. The van der Waals surface area contributed by atoms with Crippen molar-refractivity contribution in [2.24, 2.45) is 0 Å². The highest BCUT2D eigenvalue weighted by Gasteiger charge is 2.18. The van der Waals surface area contributed by atoms with Crippen LogP contribution in [0.2, 0.25) is 0 Å². The number of carbonyl (C=O) groups is 1. The maximum atomic E-state index is 12.2. The first-order valence-electron chi connectivity index (χ1n) is 6.38. The average Bonchev–Trinajstić information content (AvgIpc) is 2.97. The van der Waals surface area contributed by atoms with Crippen molar-refractivity contribution in [2.75, 3.05) is 11.1 Å². The average molecular weight is 276 g/mol. The van der Waals surface area contributed by atoms with Gasteiger partial charge in [0, 0.05) is 4.88 Å². The number of nitrogens with zero attached hydrogens (tertiary/aromatic N) is 1. The lowest BCUT2D eigenvalue weighted by atomic mass is 9.99. The summed E-state index contributed by atoms with van der Waals surface area (Å²) >= 11 is 1.58. The van der Waals surface area contributed by atoms with E-state index in [4.69, 9.17) is 5.73 Å². The zero-order valence-electron chi connectivity index (χ0n) is 10.7. The summed E-state index contributed by atoms with van der Waals surface area (Å²) in [5.41, 5.74) is 8.41. The van der Waals surface area contributed by atoms with Gasteiger partial charge in [-0.1, -0.05) is 0 Å². The highest BCUT2D eigenvalue weighted by molar-refractivity contribution is 7.14. The fourth-order valence-electron chi connectivity index (χ4n) is 2.30. The van der Waals surface area contributed by atoms with Crippen molar-refractivity contribution >= 4 is 28.7 Å². The number of amides is 1. The molecule has 4 N–H and O–H groups in total. The molecule has 0 atom stereocenters. The van der Waals surface area contributed by atoms with Crippen molar-refractivity contribution in [2.45, 2.75) is 32.6 Å². The summed E-state index contributed by atoms with van der Waals surface area (Å²) in [7, 11) is 0. The SMILES string of the molecule is Cc1[nH]nc(NC(=O)c2cc3c(s2)CCCC3)c1N. The fourth-order valence-corrected chi connectivity index (χ4v) is 3.45. The van der Waals surface area contributed by atoms with Crippen molar-refractivity contribution in [3.63, 3.8) is 0 Å². The van der Waals surface area contributed by atoms with Gasteiger partial charge in [-0.15, -0.1) is 11.3 Å². The Labute approximate surface area is 115 Å². The minimum Gasteiger partial charge on any atom is -0.394 e. The Hall–Kier alpha value is -1.82. The molecule has 0 saturated carbocycles. The number of aryl methyl sites for hydroxylation is 3. The van der Waals surface area contributed by atoms with Gasteiger partial charge in [-0.25, -0.2) is 0 Å². The predicted molar refractivity (Wildman–Crippen MR) is 76.7 cm³/mol. The third-order valence-electron chi connectivity index (χ3n) is 3.45. The van der Waals surface area contributed by atoms with E-state index in [0.29, 0.717) is 11.5 Å². The largest absolute Gasteiger partial charge is 0.394 e. The molecule has 0 aliphatic heterocycles. The van der Waals surface area contributed by atoms with Gasteiger partial charge in [0.25, 0.3) is 5.91 Å². The van der Waals surface area contributed by atoms with E-state index in [1.807, 2.05) is 13.0 Å². The van der Waals surface area contributed by atoms with Gasteiger partial charge in [0.05, 0.1) is 16.3 Å². The Morgan fingerprint density at radius 3 is 2.95 bits per heavy atom. The number of hydrogen-bond acceptors (Lipinski definition) is 4. The van der Waals surface area contributed by atoms with Crippen LogP contribution in [0.3, 0.4) is 0 Å². The van der Waals surface area contributed by atoms with Gasteiger partial charge in [-0.05, 0) is 44.2 Å². The number of carbonyl (C=O) groups excluding carboxylic acids is 1. The van der Waals surface area contributed by atoms with Crippen LogP contribution in [0.4, 0.5) is 11.5 Å². The number of fused-ring (bicyclic) bond motifs is 1. The second-order valence-electron chi connectivity index (χ2n) is 4.83. The van der Waals surface area contributed by atoms with E-state index in [1.165, 1.54) is 23.3 Å². The number of H-pyrrole nitrogens is 1. The number of nitrogens with two attached hydrogens (primary N) is 1. The number of aromatic amines is 1. The summed E-state index contributed by atoms with van der Waals surface area (Å²) in [6.07, 6.45) is 4.62. The molecule has 0 unspecified atom stereocenters. The lowest BCUT2D eigenvalue weighted by molar-refractivity contribution is 0.103. The Kier molecular flexibility index (Phi) is 3.02. The molecule has 0 aromatic carbocycles. The van der Waals surface area contributed by atoms with Crippen LogP contribution >= 0.6 is 11.3 Å². The van der Waals surface area contributed by atoms with Crippen LogP contribution in [0, 0.1) is 6.92 Å². The molecule has 1 aliphatic rings. The monoisotopic (exact) mass is 276 g/mol. The van der Waals surface area contributed by atoms with E-state index >= 15 is 0 Å². The number of rotatable bonds is 2. The molecule has 6 heteroatoms. The van der Waals surface area contributed by atoms with Crippen LogP contribution < -0.4 is 11.1 Å². The molecule has 2 aromatic rings. The number of anilines is 2. The van der Waals surface area contributed by atoms with Gasteiger partial charge in [0.2, 0.25) is 0 Å². The summed E-state index contributed by atoms with van der Waals surface area (Å²) in [6.45, 7) is 1.82. The first kappa shape index (κ1) is 12.2. The first-order valence-corrected chi connectivity index (χ1v) is 7.20. The topological polar surface area (TPSA) is 83.8 Å². The molecule has 0 fully saturated rings. The number of nitrogens with one attached hydrogen (secondary N) is 2. The van der Waals surface area contributed by atoms with Crippen molar-refractivity contribution in [3.8, 4) is 0 Å². The summed E-state index contributed by atoms with van der Waals surface area (Å²) < 4.78 is 0. The quantitative estimate of drug-likeness (QED) is 0.788. The third-order valence-corrected chi connectivity index (χ3v) is 4.68. The van der Waals surface area contributed by atoms with Crippen LogP contribution in [0.25, 0.3) is 0 Å². The summed E-state index contributed by atoms with van der Waals surface area (Å²) in [6, 6.07) is 2.00. The van der Waals surface area contributed by atoms with Crippen LogP contribution in [0.5, 0.6) is 0 Å². The molecule has 0 radical (unpaired) electrons. The number of nitrogen functional groups attached to an aromatic ring is 1. The van der Waals surface area contributed by atoms with Crippen LogP contribution in [0.15, 0.2) is 6.07 Å². The molecular formula is C13H16N4OS. The maximum Gasteiger partial charge on any atom is 0.267 e. The van der Waals surface area contributed by atoms with E-state index in [-0.39, 0.29) is 5.91 Å². The van der Waals surface area contributed by atoms with Crippen LogP contribution in [-0.2, 0) is 12.8 Å². The summed E-state index contributed by atoms with van der Waals surface area (Å²) in [5, 5.41) is 9.50. The molecule has 5 nitrogen and oxygen atoms in total. The van der Waals surface area contributed by atoms with Crippen molar-refractivity contribution in [3.05, 3.63) is 27.1 Å². The molecule has 3 rings (SSSR count). The highest BCUT2D eigenvalue weighted by Crippen LogP contribution is 2.30. The number of thiophene rings is 1. The van der Waals surface area contributed by atoms with Gasteiger partial charge in [0.1, 0.15) is 0 Å². The molecule has 0 bridgehead atoms. The molecule has 100 valence electrons. The van der Waals surface area contributed by atoms with Crippen LogP contribution in [-0.4, -0.2) is 16.1 Å². The molecule has 1 aliphatic carbocycles. The predicted octanol–water partition coefficient (Wildman–Crippen LogP) is 2.49. The Balaban J connectivity index is 1.80. The van der Waals surface area contributed by atoms with Crippen molar-refractivity contribution < 1.29 is 4.79 Å².